The fourth-order valence-electron chi connectivity index (χ4n) is 3.60. The van der Waals surface area contributed by atoms with Crippen molar-refractivity contribution in [3.05, 3.63) is 65.7 Å². The average Bonchev–Trinajstić information content (AvgIpc) is 3.35. The van der Waals surface area contributed by atoms with Crippen LogP contribution >= 0.6 is 0 Å². The fourth-order valence-corrected chi connectivity index (χ4v) is 3.60. The van der Waals surface area contributed by atoms with Crippen molar-refractivity contribution in [3.63, 3.8) is 0 Å². The van der Waals surface area contributed by atoms with Gasteiger partial charge in [0.2, 0.25) is 0 Å². The van der Waals surface area contributed by atoms with E-state index < -0.39 is 0 Å². The minimum Gasteiger partial charge on any atom is -0.346 e. The van der Waals surface area contributed by atoms with Crippen LogP contribution in [0.1, 0.15) is 35.6 Å². The molecule has 0 saturated carbocycles. The number of benzene rings is 1. The molecule has 7 nitrogen and oxygen atoms in total. The van der Waals surface area contributed by atoms with Crippen LogP contribution in [-0.4, -0.2) is 43.5 Å². The Bertz CT molecular complexity index is 926. The van der Waals surface area contributed by atoms with E-state index in [2.05, 4.69) is 45.0 Å². The highest BCUT2D eigenvalue weighted by Crippen LogP contribution is 2.15. The van der Waals surface area contributed by atoms with Gasteiger partial charge < -0.3 is 5.32 Å². The molecule has 0 radical (unpaired) electrons. The Morgan fingerprint density at radius 2 is 2.04 bits per heavy atom. The number of hydrogen-bond acceptors (Lipinski definition) is 4. The molecule has 3 heterocycles. The molecule has 0 atom stereocenters. The first-order valence-corrected chi connectivity index (χ1v) is 9.75. The predicted molar refractivity (Wildman–Crippen MR) is 107 cm³/mol. The van der Waals surface area contributed by atoms with Crippen LogP contribution in [0.5, 0.6) is 0 Å². The Hall–Kier alpha value is -2.93. The molecule has 2 aromatic heterocycles. The Kier molecular flexibility index (Phi) is 5.25. The summed E-state index contributed by atoms with van der Waals surface area (Å²) in [6, 6.07) is 11.4. The van der Waals surface area contributed by atoms with Gasteiger partial charge in [-0.05, 0) is 42.3 Å². The molecule has 146 valence electrons. The average molecular weight is 378 g/mol. The highest BCUT2D eigenvalue weighted by molar-refractivity contribution is 5.94. The second-order valence-electron chi connectivity index (χ2n) is 7.66. The van der Waals surface area contributed by atoms with Crippen LogP contribution < -0.4 is 5.32 Å². The highest BCUT2D eigenvalue weighted by Gasteiger charge is 2.19. The zero-order chi connectivity index (χ0) is 19.5. The van der Waals surface area contributed by atoms with Crippen LogP contribution in [0.15, 0.2) is 48.8 Å². The van der Waals surface area contributed by atoms with Crippen molar-refractivity contribution >= 4 is 5.91 Å². The van der Waals surface area contributed by atoms with E-state index in [1.54, 1.807) is 10.9 Å². The Balaban J connectivity index is 1.35. The van der Waals surface area contributed by atoms with Crippen LogP contribution in [0.4, 0.5) is 0 Å². The van der Waals surface area contributed by atoms with Crippen molar-refractivity contribution in [3.8, 4) is 5.69 Å². The molecule has 1 amide bonds. The third kappa shape index (κ3) is 4.14. The SMILES string of the molecule is CC(C)CN1CCn2nc(CNC(=O)c3ccc(-n4cccn4)cc3)cc2C1. The standard InChI is InChI=1S/C21H26N6O/c1-16(2)14-25-10-11-27-20(15-25)12-18(24-27)13-22-21(28)17-4-6-19(7-5-17)26-9-3-8-23-26/h3-9,12,16H,10-11,13-15H2,1-2H3,(H,22,28). The van der Waals surface area contributed by atoms with Gasteiger partial charge >= 0.3 is 0 Å². The summed E-state index contributed by atoms with van der Waals surface area (Å²) in [5.41, 5.74) is 3.68. The first-order valence-electron chi connectivity index (χ1n) is 9.75. The van der Waals surface area contributed by atoms with Crippen molar-refractivity contribution in [2.45, 2.75) is 33.5 Å². The summed E-state index contributed by atoms with van der Waals surface area (Å²) in [6.45, 7) is 8.89. The van der Waals surface area contributed by atoms with E-state index in [0.717, 1.165) is 37.6 Å². The first kappa shape index (κ1) is 18.4. The Morgan fingerprint density at radius 1 is 1.21 bits per heavy atom. The molecule has 0 unspecified atom stereocenters. The second-order valence-corrected chi connectivity index (χ2v) is 7.66. The van der Waals surface area contributed by atoms with Gasteiger partial charge in [-0.3, -0.25) is 14.4 Å². The smallest absolute Gasteiger partial charge is 0.251 e. The molecule has 4 rings (SSSR count). The van der Waals surface area contributed by atoms with E-state index in [4.69, 9.17) is 0 Å². The summed E-state index contributed by atoms with van der Waals surface area (Å²) >= 11 is 0. The van der Waals surface area contributed by atoms with Gasteiger partial charge in [0.25, 0.3) is 5.91 Å². The maximum absolute atomic E-state index is 12.5. The predicted octanol–water partition coefficient (Wildman–Crippen LogP) is 2.47. The minimum absolute atomic E-state index is 0.0978. The van der Waals surface area contributed by atoms with E-state index in [1.807, 2.05) is 36.5 Å². The largest absolute Gasteiger partial charge is 0.346 e. The van der Waals surface area contributed by atoms with E-state index in [0.29, 0.717) is 18.0 Å². The number of carbonyl (C=O) groups is 1. The zero-order valence-corrected chi connectivity index (χ0v) is 16.4. The van der Waals surface area contributed by atoms with Gasteiger partial charge in [0, 0.05) is 37.6 Å². The number of rotatable bonds is 6. The van der Waals surface area contributed by atoms with Crippen molar-refractivity contribution in [1.82, 2.24) is 29.8 Å². The van der Waals surface area contributed by atoms with Gasteiger partial charge in [0.15, 0.2) is 0 Å². The molecule has 3 aromatic rings. The fraction of sp³-hybridized carbons (Fsp3) is 0.381. The lowest BCUT2D eigenvalue weighted by atomic mass is 10.2. The van der Waals surface area contributed by atoms with Crippen LogP contribution in [0.2, 0.25) is 0 Å². The number of aromatic nitrogens is 4. The molecule has 1 aliphatic heterocycles. The van der Waals surface area contributed by atoms with Crippen molar-refractivity contribution in [2.24, 2.45) is 5.92 Å². The Labute approximate surface area is 165 Å². The monoisotopic (exact) mass is 378 g/mol. The maximum atomic E-state index is 12.5. The van der Waals surface area contributed by atoms with Crippen molar-refractivity contribution in [1.29, 1.82) is 0 Å². The number of fused-ring (bicyclic) bond motifs is 1. The lowest BCUT2D eigenvalue weighted by Gasteiger charge is -2.28. The number of carbonyl (C=O) groups excluding carboxylic acids is 1. The lowest BCUT2D eigenvalue weighted by molar-refractivity contribution is 0.0950. The summed E-state index contributed by atoms with van der Waals surface area (Å²) in [5.74, 6) is 0.562. The summed E-state index contributed by atoms with van der Waals surface area (Å²) in [5, 5.41) is 11.8. The van der Waals surface area contributed by atoms with Crippen LogP contribution in [-0.2, 0) is 19.6 Å². The molecule has 7 heteroatoms. The Morgan fingerprint density at radius 3 is 2.75 bits per heavy atom. The van der Waals surface area contributed by atoms with E-state index in [1.165, 1.54) is 5.69 Å². The summed E-state index contributed by atoms with van der Waals surface area (Å²) in [4.78, 5) is 14.9. The van der Waals surface area contributed by atoms with Gasteiger partial charge in [0.05, 0.1) is 30.2 Å². The van der Waals surface area contributed by atoms with Crippen LogP contribution in [0.25, 0.3) is 5.69 Å². The molecule has 0 fully saturated rings. The normalized spacial score (nSPS) is 14.2. The quantitative estimate of drug-likeness (QED) is 0.716. The van der Waals surface area contributed by atoms with Gasteiger partial charge in [0.1, 0.15) is 0 Å². The van der Waals surface area contributed by atoms with E-state index in [9.17, 15) is 4.79 Å². The van der Waals surface area contributed by atoms with Crippen LogP contribution in [0, 0.1) is 5.92 Å². The van der Waals surface area contributed by atoms with Crippen molar-refractivity contribution in [2.75, 3.05) is 13.1 Å². The molecule has 0 saturated heterocycles. The zero-order valence-electron chi connectivity index (χ0n) is 16.4. The molecule has 1 aliphatic rings. The molecule has 0 spiro atoms. The lowest BCUT2D eigenvalue weighted by Crippen LogP contribution is -2.36. The highest BCUT2D eigenvalue weighted by atomic mass is 16.1. The van der Waals surface area contributed by atoms with Gasteiger partial charge in [-0.25, -0.2) is 4.68 Å². The molecular formula is C21H26N6O. The molecule has 1 aromatic carbocycles. The third-order valence-corrected chi connectivity index (χ3v) is 4.88. The topological polar surface area (TPSA) is 68.0 Å². The molecule has 28 heavy (non-hydrogen) atoms. The minimum atomic E-state index is -0.0978. The number of nitrogens with one attached hydrogen (secondary N) is 1. The van der Waals surface area contributed by atoms with Crippen molar-refractivity contribution < 1.29 is 4.79 Å². The number of nitrogens with zero attached hydrogens (tertiary/aromatic N) is 5. The molecular weight excluding hydrogens is 352 g/mol. The molecule has 1 N–H and O–H groups in total. The summed E-state index contributed by atoms with van der Waals surface area (Å²) < 4.78 is 3.83. The molecule has 0 aliphatic carbocycles. The van der Waals surface area contributed by atoms with Gasteiger partial charge in [-0.2, -0.15) is 10.2 Å². The number of hydrogen-bond donors (Lipinski definition) is 1. The summed E-state index contributed by atoms with van der Waals surface area (Å²) in [7, 11) is 0. The summed E-state index contributed by atoms with van der Waals surface area (Å²) in [6.07, 6.45) is 3.60. The molecule has 0 bridgehead atoms. The van der Waals surface area contributed by atoms with Gasteiger partial charge in [-0.1, -0.05) is 13.8 Å². The van der Waals surface area contributed by atoms with E-state index in [-0.39, 0.29) is 5.91 Å². The third-order valence-electron chi connectivity index (χ3n) is 4.88. The van der Waals surface area contributed by atoms with E-state index >= 15 is 0 Å². The van der Waals surface area contributed by atoms with Gasteiger partial charge in [-0.15, -0.1) is 0 Å². The second kappa shape index (κ2) is 7.98. The first-order chi connectivity index (χ1) is 13.6. The number of amides is 1. The maximum Gasteiger partial charge on any atom is 0.251 e. The van der Waals surface area contributed by atoms with Crippen LogP contribution in [0.3, 0.4) is 0 Å².